The summed E-state index contributed by atoms with van der Waals surface area (Å²) in [7, 11) is 3.15. The maximum atomic E-state index is 13.2. The standard InChI is InChI=1S/C25H38ClN5O5/c1-27-15-21(17-30-11-5-9-22(30)32)29-24(33)31-12-4-7-19(16-31)23(18-6-3-8-20(26)14-18)36-13-10-28-25(34)35-2/h3,6,8,14,19,21,23,27H,4-5,7,9-13,15-17H2,1-2H3,(H,28,34)(H,29,33)/t19?,21?,23-/m0/s1. The fourth-order valence-electron chi connectivity index (χ4n) is 4.88. The quantitative estimate of drug-likeness (QED) is 0.384. The Labute approximate surface area is 218 Å². The van der Waals surface area contributed by atoms with Crippen molar-refractivity contribution in [3.8, 4) is 0 Å². The molecule has 4 amide bonds. The topological polar surface area (TPSA) is 112 Å². The second kappa shape index (κ2) is 14.2. The van der Waals surface area contributed by atoms with E-state index in [9.17, 15) is 14.4 Å². The molecule has 200 valence electrons. The number of nitrogens with zero attached hydrogens (tertiary/aromatic N) is 2. The Balaban J connectivity index is 1.63. The van der Waals surface area contributed by atoms with E-state index in [1.807, 2.05) is 41.1 Å². The van der Waals surface area contributed by atoms with E-state index in [0.29, 0.717) is 50.8 Å². The lowest BCUT2D eigenvalue weighted by Gasteiger charge is -2.38. The zero-order chi connectivity index (χ0) is 25.9. The van der Waals surface area contributed by atoms with Gasteiger partial charge >= 0.3 is 12.1 Å². The van der Waals surface area contributed by atoms with Gasteiger partial charge in [0.05, 0.1) is 25.9 Å². The van der Waals surface area contributed by atoms with E-state index in [1.54, 1.807) is 0 Å². The van der Waals surface area contributed by atoms with Gasteiger partial charge in [0.1, 0.15) is 0 Å². The van der Waals surface area contributed by atoms with Crippen molar-refractivity contribution in [3.05, 3.63) is 34.9 Å². The van der Waals surface area contributed by atoms with Crippen molar-refractivity contribution in [2.24, 2.45) is 5.92 Å². The molecule has 0 aliphatic carbocycles. The number of halogens is 1. The SMILES string of the molecule is CNCC(CN1CCCC1=O)NC(=O)N1CCCC([C@@H](OCCNC(=O)OC)c2cccc(Cl)c2)C1. The van der Waals surface area contributed by atoms with Crippen molar-refractivity contribution in [1.82, 2.24) is 25.8 Å². The van der Waals surface area contributed by atoms with Crippen LogP contribution < -0.4 is 16.0 Å². The number of rotatable bonds is 11. The lowest BCUT2D eigenvalue weighted by Crippen LogP contribution is -2.54. The number of hydrogen-bond donors (Lipinski definition) is 3. The third kappa shape index (κ3) is 8.25. The molecule has 2 fully saturated rings. The molecule has 2 aliphatic rings. The molecule has 0 aromatic heterocycles. The maximum absolute atomic E-state index is 13.2. The zero-order valence-corrected chi connectivity index (χ0v) is 21.9. The number of alkyl carbamates (subject to hydrolysis) is 1. The van der Waals surface area contributed by atoms with Gasteiger partial charge in [-0.25, -0.2) is 9.59 Å². The number of nitrogens with one attached hydrogen (secondary N) is 3. The fraction of sp³-hybridized carbons (Fsp3) is 0.640. The van der Waals surface area contributed by atoms with Crippen LogP contribution in [0.3, 0.4) is 0 Å². The molecule has 0 radical (unpaired) electrons. The first-order valence-electron chi connectivity index (χ1n) is 12.6. The number of hydrogen-bond acceptors (Lipinski definition) is 6. The highest BCUT2D eigenvalue weighted by molar-refractivity contribution is 6.30. The monoisotopic (exact) mass is 523 g/mol. The van der Waals surface area contributed by atoms with Crippen LogP contribution in [-0.2, 0) is 14.3 Å². The molecule has 0 spiro atoms. The molecule has 2 aliphatic heterocycles. The van der Waals surface area contributed by atoms with E-state index >= 15 is 0 Å². The van der Waals surface area contributed by atoms with Crippen LogP contribution >= 0.6 is 11.6 Å². The summed E-state index contributed by atoms with van der Waals surface area (Å²) in [5.41, 5.74) is 0.938. The lowest BCUT2D eigenvalue weighted by atomic mass is 9.88. The summed E-state index contributed by atoms with van der Waals surface area (Å²) < 4.78 is 10.8. The van der Waals surface area contributed by atoms with Crippen LogP contribution in [0.25, 0.3) is 0 Å². The zero-order valence-electron chi connectivity index (χ0n) is 21.1. The highest BCUT2D eigenvalue weighted by atomic mass is 35.5. The molecule has 0 bridgehead atoms. The van der Waals surface area contributed by atoms with Crippen molar-refractivity contribution in [2.75, 3.05) is 60.0 Å². The molecule has 11 heteroatoms. The average Bonchev–Trinajstić information content (AvgIpc) is 3.28. The van der Waals surface area contributed by atoms with Gasteiger partial charge in [0.25, 0.3) is 0 Å². The third-order valence-corrected chi connectivity index (χ3v) is 6.83. The Morgan fingerprint density at radius 2 is 2.08 bits per heavy atom. The number of urea groups is 1. The first-order chi connectivity index (χ1) is 17.4. The molecule has 1 aromatic rings. The van der Waals surface area contributed by atoms with Gasteiger partial charge in [-0.3, -0.25) is 4.79 Å². The Kier molecular flexibility index (Phi) is 11.1. The second-order valence-corrected chi connectivity index (χ2v) is 9.70. The van der Waals surface area contributed by atoms with E-state index in [1.165, 1.54) is 7.11 Å². The van der Waals surface area contributed by atoms with Gasteiger partial charge in [0, 0.05) is 56.6 Å². The van der Waals surface area contributed by atoms with Crippen molar-refractivity contribution in [1.29, 1.82) is 0 Å². The number of carbonyl (C=O) groups is 3. The van der Waals surface area contributed by atoms with Gasteiger partial charge in [0.2, 0.25) is 5.91 Å². The number of piperidine rings is 1. The summed E-state index contributed by atoms with van der Waals surface area (Å²) in [6.45, 7) is 3.61. The van der Waals surface area contributed by atoms with Crippen molar-refractivity contribution in [3.63, 3.8) is 0 Å². The summed E-state index contributed by atoms with van der Waals surface area (Å²) in [5.74, 6) is 0.204. The molecule has 1 aromatic carbocycles. The molecule has 36 heavy (non-hydrogen) atoms. The van der Waals surface area contributed by atoms with Crippen molar-refractivity contribution >= 4 is 29.6 Å². The molecular weight excluding hydrogens is 486 g/mol. The largest absolute Gasteiger partial charge is 0.453 e. The average molecular weight is 524 g/mol. The Morgan fingerprint density at radius 1 is 1.25 bits per heavy atom. The Hall–Kier alpha value is -2.56. The van der Waals surface area contributed by atoms with Crippen molar-refractivity contribution < 1.29 is 23.9 Å². The van der Waals surface area contributed by atoms with Crippen LogP contribution in [0.2, 0.25) is 5.02 Å². The number of ether oxygens (including phenoxy) is 2. The molecular formula is C25H38ClN5O5. The fourth-order valence-corrected chi connectivity index (χ4v) is 5.08. The summed E-state index contributed by atoms with van der Waals surface area (Å²) >= 11 is 6.26. The molecule has 3 atom stereocenters. The number of benzene rings is 1. The van der Waals surface area contributed by atoms with Crippen LogP contribution in [0, 0.1) is 5.92 Å². The Bertz CT molecular complexity index is 888. The molecule has 10 nitrogen and oxygen atoms in total. The van der Waals surface area contributed by atoms with Gasteiger partial charge in [0.15, 0.2) is 0 Å². The second-order valence-electron chi connectivity index (χ2n) is 9.26. The molecule has 0 saturated carbocycles. The van der Waals surface area contributed by atoms with Gasteiger partial charge in [-0.15, -0.1) is 0 Å². The lowest BCUT2D eigenvalue weighted by molar-refractivity contribution is -0.127. The van der Waals surface area contributed by atoms with Gasteiger partial charge in [-0.2, -0.15) is 0 Å². The van der Waals surface area contributed by atoms with Crippen LogP contribution in [-0.4, -0.2) is 93.9 Å². The summed E-state index contributed by atoms with van der Waals surface area (Å²) in [6, 6.07) is 7.25. The Morgan fingerprint density at radius 3 is 2.78 bits per heavy atom. The minimum absolute atomic E-state index is 0.0593. The van der Waals surface area contributed by atoms with Gasteiger partial charge in [-0.1, -0.05) is 23.7 Å². The molecule has 2 heterocycles. The summed E-state index contributed by atoms with van der Waals surface area (Å²) in [6.07, 6.45) is 2.40. The number of methoxy groups -OCH3 is 1. The van der Waals surface area contributed by atoms with E-state index in [2.05, 4.69) is 20.7 Å². The number of carbonyl (C=O) groups excluding carboxylic acids is 3. The highest BCUT2D eigenvalue weighted by Gasteiger charge is 2.32. The summed E-state index contributed by atoms with van der Waals surface area (Å²) in [5, 5.41) is 9.48. The minimum Gasteiger partial charge on any atom is -0.453 e. The van der Waals surface area contributed by atoms with Gasteiger partial charge < -0.3 is 35.2 Å². The van der Waals surface area contributed by atoms with Gasteiger partial charge in [-0.05, 0) is 44.0 Å². The number of amides is 4. The predicted molar refractivity (Wildman–Crippen MR) is 137 cm³/mol. The normalized spacial score (nSPS) is 19.6. The van der Waals surface area contributed by atoms with Crippen molar-refractivity contribution in [2.45, 2.75) is 37.8 Å². The van der Waals surface area contributed by atoms with E-state index in [0.717, 1.165) is 31.4 Å². The number of likely N-dealkylation sites (N-methyl/N-ethyl adjacent to an activating group) is 1. The van der Waals surface area contributed by atoms with Crippen LogP contribution in [0.15, 0.2) is 24.3 Å². The summed E-state index contributed by atoms with van der Waals surface area (Å²) in [4.78, 5) is 40.3. The smallest absolute Gasteiger partial charge is 0.406 e. The molecule has 3 rings (SSSR count). The minimum atomic E-state index is -0.509. The highest BCUT2D eigenvalue weighted by Crippen LogP contribution is 2.34. The molecule has 2 saturated heterocycles. The third-order valence-electron chi connectivity index (χ3n) is 6.59. The first kappa shape index (κ1) is 28.0. The van der Waals surface area contributed by atoms with E-state index in [4.69, 9.17) is 16.3 Å². The first-order valence-corrected chi connectivity index (χ1v) is 13.0. The molecule has 3 N–H and O–H groups in total. The van der Waals surface area contributed by atoms with Crippen LogP contribution in [0.4, 0.5) is 9.59 Å². The van der Waals surface area contributed by atoms with Crippen LogP contribution in [0.1, 0.15) is 37.4 Å². The van der Waals surface area contributed by atoms with E-state index in [-0.39, 0.29) is 30.0 Å². The predicted octanol–water partition coefficient (Wildman–Crippen LogP) is 2.39. The molecule has 2 unspecified atom stereocenters. The number of likely N-dealkylation sites (tertiary alicyclic amines) is 2. The van der Waals surface area contributed by atoms with Crippen LogP contribution in [0.5, 0.6) is 0 Å². The maximum Gasteiger partial charge on any atom is 0.406 e. The van der Waals surface area contributed by atoms with E-state index < -0.39 is 6.09 Å².